The lowest BCUT2D eigenvalue weighted by Gasteiger charge is -1.98. The summed E-state index contributed by atoms with van der Waals surface area (Å²) < 4.78 is 0. The van der Waals surface area contributed by atoms with Crippen molar-refractivity contribution in [3.05, 3.63) is 23.1 Å². The van der Waals surface area contributed by atoms with Crippen LogP contribution in [0.4, 0.5) is 0 Å². The van der Waals surface area contributed by atoms with Crippen molar-refractivity contribution in [1.82, 2.24) is 0 Å². The predicted octanol–water partition coefficient (Wildman–Crippen LogP) is 1.51. The molecular formula is C7H10OS. The van der Waals surface area contributed by atoms with Gasteiger partial charge in [0.05, 0.1) is 6.10 Å². The van der Waals surface area contributed by atoms with Crippen molar-refractivity contribution >= 4 is 12.6 Å². The second-order valence-corrected chi connectivity index (χ2v) is 2.65. The first-order chi connectivity index (χ1) is 4.29. The van der Waals surface area contributed by atoms with Crippen LogP contribution in [0.3, 0.4) is 0 Å². The predicted molar refractivity (Wildman–Crippen MR) is 41.4 cm³/mol. The minimum atomic E-state index is -0.299. The van der Waals surface area contributed by atoms with Gasteiger partial charge in [0.25, 0.3) is 0 Å². The van der Waals surface area contributed by atoms with Crippen molar-refractivity contribution in [3.63, 3.8) is 0 Å². The maximum atomic E-state index is 9.09. The van der Waals surface area contributed by atoms with Crippen LogP contribution in [0.25, 0.3) is 0 Å². The molecule has 0 unspecified atom stereocenters. The van der Waals surface area contributed by atoms with Gasteiger partial charge < -0.3 is 5.11 Å². The smallest absolute Gasteiger partial charge is 0.0737 e. The Bertz CT molecular complexity index is 149. The molecule has 0 aromatic carbocycles. The van der Waals surface area contributed by atoms with Crippen LogP contribution in [-0.2, 0) is 0 Å². The van der Waals surface area contributed by atoms with Gasteiger partial charge in [-0.3, -0.25) is 0 Å². The van der Waals surface area contributed by atoms with Gasteiger partial charge in [0.2, 0.25) is 0 Å². The summed E-state index contributed by atoms with van der Waals surface area (Å²) in [5.41, 5.74) is 0. The van der Waals surface area contributed by atoms with Crippen molar-refractivity contribution in [2.24, 2.45) is 0 Å². The molecule has 0 saturated heterocycles. The topological polar surface area (TPSA) is 20.2 Å². The van der Waals surface area contributed by atoms with Crippen molar-refractivity contribution in [3.8, 4) is 0 Å². The van der Waals surface area contributed by atoms with Crippen molar-refractivity contribution in [1.29, 1.82) is 0 Å². The third-order valence-corrected chi connectivity index (χ3v) is 1.58. The molecule has 1 atom stereocenters. The van der Waals surface area contributed by atoms with Crippen LogP contribution in [0.5, 0.6) is 0 Å². The quantitative estimate of drug-likeness (QED) is 0.491. The minimum Gasteiger partial charge on any atom is -0.389 e. The number of aliphatic hydroxyl groups is 1. The molecule has 1 aliphatic rings. The summed E-state index contributed by atoms with van der Waals surface area (Å²) in [5, 5.41) is 9.09. The Morgan fingerprint density at radius 2 is 2.44 bits per heavy atom. The summed E-state index contributed by atoms with van der Waals surface area (Å²) >= 11 is 4.10. The van der Waals surface area contributed by atoms with Crippen LogP contribution in [0.2, 0.25) is 0 Å². The van der Waals surface area contributed by atoms with Crippen molar-refractivity contribution in [2.75, 3.05) is 0 Å². The maximum absolute atomic E-state index is 9.09. The normalized spacial score (nSPS) is 27.3. The van der Waals surface area contributed by atoms with Crippen LogP contribution in [-0.4, -0.2) is 11.2 Å². The fourth-order valence-electron chi connectivity index (χ4n) is 0.807. The Morgan fingerprint density at radius 1 is 1.67 bits per heavy atom. The summed E-state index contributed by atoms with van der Waals surface area (Å²) in [5.74, 6) is 0. The molecule has 9 heavy (non-hydrogen) atoms. The first-order valence-electron chi connectivity index (χ1n) is 3.04. The lowest BCUT2D eigenvalue weighted by Crippen LogP contribution is -1.99. The number of thiol groups is 1. The van der Waals surface area contributed by atoms with E-state index in [-0.39, 0.29) is 6.10 Å². The second kappa shape index (κ2) is 3.08. The van der Waals surface area contributed by atoms with Crippen LogP contribution in [0.1, 0.15) is 12.8 Å². The molecule has 1 aliphatic carbocycles. The first-order valence-corrected chi connectivity index (χ1v) is 3.49. The number of hydrogen-bond acceptors (Lipinski definition) is 2. The number of hydrogen-bond donors (Lipinski definition) is 2. The molecule has 0 spiro atoms. The molecule has 0 radical (unpaired) electrons. The Hall–Kier alpha value is -0.210. The molecule has 2 heteroatoms. The average Bonchev–Trinajstić information content (AvgIpc) is 1.93. The Balaban J connectivity index is 2.62. The molecule has 0 bridgehead atoms. The molecule has 0 fully saturated rings. The highest BCUT2D eigenvalue weighted by Gasteiger charge is 2.00. The van der Waals surface area contributed by atoms with Crippen LogP contribution >= 0.6 is 12.6 Å². The van der Waals surface area contributed by atoms with Gasteiger partial charge in [0.15, 0.2) is 0 Å². The fraction of sp³-hybridized carbons (Fsp3) is 0.429. The van der Waals surface area contributed by atoms with Gasteiger partial charge in [-0.05, 0) is 18.9 Å². The third kappa shape index (κ3) is 2.24. The van der Waals surface area contributed by atoms with Gasteiger partial charge in [-0.15, -0.1) is 12.6 Å². The number of rotatable bonds is 0. The molecule has 0 aliphatic heterocycles. The minimum absolute atomic E-state index is 0.299. The molecular weight excluding hydrogens is 132 g/mol. The standard InChI is InChI=1S/C7H10OS/c8-6-3-1-2-4-7(9)5-6/h2,4-6,8-9H,1,3H2/t6-/m1/s1. The summed E-state index contributed by atoms with van der Waals surface area (Å²) in [4.78, 5) is 0.861. The van der Waals surface area contributed by atoms with Crippen molar-refractivity contribution in [2.45, 2.75) is 18.9 Å². The Labute approximate surface area is 60.5 Å². The van der Waals surface area contributed by atoms with E-state index in [1.165, 1.54) is 0 Å². The molecule has 0 amide bonds. The maximum Gasteiger partial charge on any atom is 0.0737 e. The van der Waals surface area contributed by atoms with Crippen LogP contribution in [0.15, 0.2) is 23.1 Å². The summed E-state index contributed by atoms with van der Waals surface area (Å²) in [6, 6.07) is 0. The lowest BCUT2D eigenvalue weighted by molar-refractivity contribution is 0.214. The van der Waals surface area contributed by atoms with E-state index in [9.17, 15) is 0 Å². The summed E-state index contributed by atoms with van der Waals surface area (Å²) in [7, 11) is 0. The molecule has 1 rings (SSSR count). The van der Waals surface area contributed by atoms with E-state index in [4.69, 9.17) is 5.11 Å². The van der Waals surface area contributed by atoms with E-state index in [0.29, 0.717) is 0 Å². The molecule has 1 N–H and O–H groups in total. The monoisotopic (exact) mass is 142 g/mol. The molecule has 50 valence electrons. The highest BCUT2D eigenvalue weighted by atomic mass is 32.1. The highest BCUT2D eigenvalue weighted by molar-refractivity contribution is 7.84. The molecule has 0 aromatic rings. The van der Waals surface area contributed by atoms with E-state index in [1.54, 1.807) is 6.08 Å². The van der Waals surface area contributed by atoms with E-state index in [1.807, 2.05) is 12.2 Å². The molecule has 0 saturated carbocycles. The lowest BCUT2D eigenvalue weighted by atomic mass is 10.2. The van der Waals surface area contributed by atoms with Crippen LogP contribution in [0, 0.1) is 0 Å². The van der Waals surface area contributed by atoms with Crippen LogP contribution < -0.4 is 0 Å². The summed E-state index contributed by atoms with van der Waals surface area (Å²) in [6.45, 7) is 0. The first kappa shape index (κ1) is 6.90. The van der Waals surface area contributed by atoms with Gasteiger partial charge >= 0.3 is 0 Å². The molecule has 1 nitrogen and oxygen atoms in total. The zero-order chi connectivity index (χ0) is 6.69. The van der Waals surface area contributed by atoms with E-state index in [0.717, 1.165) is 17.7 Å². The Morgan fingerprint density at radius 3 is 3.22 bits per heavy atom. The zero-order valence-electron chi connectivity index (χ0n) is 5.12. The Kier molecular flexibility index (Phi) is 2.37. The largest absolute Gasteiger partial charge is 0.389 e. The van der Waals surface area contributed by atoms with Crippen molar-refractivity contribution < 1.29 is 5.11 Å². The number of allylic oxidation sites excluding steroid dienone is 2. The van der Waals surface area contributed by atoms with E-state index >= 15 is 0 Å². The van der Waals surface area contributed by atoms with Gasteiger partial charge in [-0.1, -0.05) is 12.2 Å². The van der Waals surface area contributed by atoms with Gasteiger partial charge in [0.1, 0.15) is 0 Å². The molecule has 0 heterocycles. The molecule has 0 aromatic heterocycles. The highest BCUT2D eigenvalue weighted by Crippen LogP contribution is 2.12. The van der Waals surface area contributed by atoms with E-state index in [2.05, 4.69) is 12.6 Å². The average molecular weight is 142 g/mol. The fourth-order valence-corrected chi connectivity index (χ4v) is 1.08. The van der Waals surface area contributed by atoms with Gasteiger partial charge in [-0.25, -0.2) is 0 Å². The third-order valence-electron chi connectivity index (χ3n) is 1.28. The summed E-state index contributed by atoms with van der Waals surface area (Å²) in [6.07, 6.45) is 7.16. The van der Waals surface area contributed by atoms with E-state index < -0.39 is 0 Å². The van der Waals surface area contributed by atoms with Gasteiger partial charge in [-0.2, -0.15) is 0 Å². The SMILES string of the molecule is O[C@H]1C=C(S)C=CCC1. The van der Waals surface area contributed by atoms with Gasteiger partial charge in [0, 0.05) is 4.91 Å². The second-order valence-electron chi connectivity index (χ2n) is 2.14. The zero-order valence-corrected chi connectivity index (χ0v) is 6.01. The number of aliphatic hydroxyl groups excluding tert-OH is 1.